The largest absolute Gasteiger partial charge is 0.325 e. The van der Waals surface area contributed by atoms with Crippen molar-refractivity contribution >= 4 is 46.7 Å². The van der Waals surface area contributed by atoms with Crippen LogP contribution in [0.1, 0.15) is 18.1 Å². The molecule has 1 fully saturated rings. The number of anilines is 1. The number of nitrogens with one attached hydrogen (secondary N) is 2. The lowest BCUT2D eigenvalue weighted by atomic mass is 9.92. The zero-order valence-corrected chi connectivity index (χ0v) is 16.2. The highest BCUT2D eigenvalue weighted by atomic mass is 35.5. The molecule has 140 valence electrons. The molecule has 1 unspecified atom stereocenters. The first-order valence-corrected chi connectivity index (χ1v) is 8.92. The van der Waals surface area contributed by atoms with Crippen molar-refractivity contribution in [1.82, 2.24) is 10.2 Å². The number of benzene rings is 2. The summed E-state index contributed by atoms with van der Waals surface area (Å²) in [5, 5.41) is 6.32. The number of carbonyl (C=O) groups excluding carboxylic acids is 3. The average Bonchev–Trinajstić information content (AvgIpc) is 2.83. The van der Waals surface area contributed by atoms with Crippen LogP contribution in [0, 0.1) is 6.92 Å². The predicted octanol–water partition coefficient (Wildman–Crippen LogP) is 3.71. The fourth-order valence-electron chi connectivity index (χ4n) is 2.83. The van der Waals surface area contributed by atoms with Gasteiger partial charge in [0.1, 0.15) is 12.1 Å². The van der Waals surface area contributed by atoms with E-state index in [2.05, 4.69) is 10.6 Å². The Morgan fingerprint density at radius 3 is 2.44 bits per heavy atom. The molecule has 0 aliphatic carbocycles. The molecule has 0 aromatic heterocycles. The number of carbonyl (C=O) groups is 3. The Balaban J connectivity index is 1.74. The molecular formula is C19H17Cl2N3O3. The number of hydrogen-bond acceptors (Lipinski definition) is 3. The van der Waals surface area contributed by atoms with E-state index in [1.807, 2.05) is 6.92 Å². The molecule has 3 rings (SSSR count). The van der Waals surface area contributed by atoms with Crippen LogP contribution in [0.4, 0.5) is 10.5 Å². The summed E-state index contributed by atoms with van der Waals surface area (Å²) < 4.78 is 0. The van der Waals surface area contributed by atoms with Gasteiger partial charge in [-0.2, -0.15) is 0 Å². The Kier molecular flexibility index (Phi) is 5.13. The number of amides is 4. The molecule has 2 aromatic carbocycles. The molecule has 0 radical (unpaired) electrons. The van der Waals surface area contributed by atoms with Crippen LogP contribution in [0.3, 0.4) is 0 Å². The summed E-state index contributed by atoms with van der Waals surface area (Å²) in [6.45, 7) is 3.03. The number of aryl methyl sites for hydroxylation is 1. The molecular weight excluding hydrogens is 389 g/mol. The maximum atomic E-state index is 12.8. The van der Waals surface area contributed by atoms with Crippen molar-refractivity contribution in [3.8, 4) is 0 Å². The summed E-state index contributed by atoms with van der Waals surface area (Å²) in [5.41, 5.74) is 0.693. The second-order valence-electron chi connectivity index (χ2n) is 6.47. The highest BCUT2D eigenvalue weighted by Gasteiger charge is 2.49. The smallest absolute Gasteiger partial charge is 0.324 e. The first kappa shape index (κ1) is 19.2. The van der Waals surface area contributed by atoms with Gasteiger partial charge >= 0.3 is 6.03 Å². The molecule has 0 spiro atoms. The summed E-state index contributed by atoms with van der Waals surface area (Å²) in [5.74, 6) is -1.01. The number of rotatable bonds is 4. The van der Waals surface area contributed by atoms with Gasteiger partial charge in [0.05, 0.1) is 0 Å². The van der Waals surface area contributed by atoms with Crippen molar-refractivity contribution in [2.24, 2.45) is 0 Å². The minimum atomic E-state index is -1.25. The van der Waals surface area contributed by atoms with Crippen LogP contribution in [0.15, 0.2) is 42.5 Å². The first-order chi connectivity index (χ1) is 12.7. The highest BCUT2D eigenvalue weighted by molar-refractivity contribution is 6.31. The first-order valence-electron chi connectivity index (χ1n) is 8.17. The summed E-state index contributed by atoms with van der Waals surface area (Å²) in [7, 11) is 0. The van der Waals surface area contributed by atoms with E-state index in [1.165, 1.54) is 0 Å². The summed E-state index contributed by atoms with van der Waals surface area (Å²) in [4.78, 5) is 38.3. The number of halogens is 2. The van der Waals surface area contributed by atoms with Gasteiger partial charge in [-0.25, -0.2) is 4.79 Å². The molecule has 6 nitrogen and oxygen atoms in total. The lowest BCUT2D eigenvalue weighted by molar-refractivity contribution is -0.133. The second kappa shape index (κ2) is 7.21. The van der Waals surface area contributed by atoms with E-state index in [4.69, 9.17) is 23.2 Å². The van der Waals surface area contributed by atoms with Gasteiger partial charge in [0.2, 0.25) is 5.91 Å². The topological polar surface area (TPSA) is 78.5 Å². The van der Waals surface area contributed by atoms with Crippen LogP contribution in [0.5, 0.6) is 0 Å². The third-order valence-electron chi connectivity index (χ3n) is 4.45. The zero-order valence-electron chi connectivity index (χ0n) is 14.7. The van der Waals surface area contributed by atoms with Gasteiger partial charge in [0, 0.05) is 15.7 Å². The van der Waals surface area contributed by atoms with E-state index in [0.29, 0.717) is 21.3 Å². The van der Waals surface area contributed by atoms with Crippen LogP contribution in [-0.2, 0) is 15.1 Å². The van der Waals surface area contributed by atoms with E-state index < -0.39 is 29.9 Å². The summed E-state index contributed by atoms with van der Waals surface area (Å²) in [6, 6.07) is 11.0. The molecule has 0 saturated carbocycles. The lowest BCUT2D eigenvalue weighted by Crippen LogP contribution is -2.42. The molecule has 4 amide bonds. The van der Waals surface area contributed by atoms with Crippen molar-refractivity contribution in [2.45, 2.75) is 19.4 Å². The number of hydrogen-bond donors (Lipinski definition) is 2. The van der Waals surface area contributed by atoms with Crippen molar-refractivity contribution in [1.29, 1.82) is 0 Å². The fourth-order valence-corrected chi connectivity index (χ4v) is 3.14. The molecule has 2 N–H and O–H groups in total. The predicted molar refractivity (Wildman–Crippen MR) is 104 cm³/mol. The van der Waals surface area contributed by atoms with Gasteiger partial charge in [-0.15, -0.1) is 0 Å². The maximum absolute atomic E-state index is 12.8. The van der Waals surface area contributed by atoms with E-state index in [-0.39, 0.29) is 0 Å². The third kappa shape index (κ3) is 3.77. The molecule has 1 atom stereocenters. The Morgan fingerprint density at radius 1 is 1.15 bits per heavy atom. The van der Waals surface area contributed by atoms with Gasteiger partial charge < -0.3 is 10.6 Å². The minimum Gasteiger partial charge on any atom is -0.324 e. The lowest BCUT2D eigenvalue weighted by Gasteiger charge is -2.22. The molecule has 8 heteroatoms. The fraction of sp³-hybridized carbons (Fsp3) is 0.211. The number of urea groups is 1. The minimum absolute atomic E-state index is 0.403. The Bertz CT molecular complexity index is 930. The van der Waals surface area contributed by atoms with E-state index in [0.717, 1.165) is 10.5 Å². The standard InChI is InChI=1S/C19H17Cl2N3O3/c1-11-3-8-14(9-15(11)21)22-16(25)10-24-17(26)19(2,23-18(24)27)12-4-6-13(20)7-5-12/h3-9H,10H2,1-2H3,(H,22,25)(H,23,27). The molecule has 0 bridgehead atoms. The number of imide groups is 1. The third-order valence-corrected chi connectivity index (χ3v) is 5.11. The maximum Gasteiger partial charge on any atom is 0.325 e. The molecule has 1 aliphatic heterocycles. The van der Waals surface area contributed by atoms with Crippen LogP contribution < -0.4 is 10.6 Å². The van der Waals surface area contributed by atoms with Crippen LogP contribution >= 0.6 is 23.2 Å². The van der Waals surface area contributed by atoms with Crippen molar-refractivity contribution in [3.63, 3.8) is 0 Å². The van der Waals surface area contributed by atoms with E-state index in [1.54, 1.807) is 49.4 Å². The highest BCUT2D eigenvalue weighted by Crippen LogP contribution is 2.29. The van der Waals surface area contributed by atoms with Crippen LogP contribution in [0.2, 0.25) is 10.0 Å². The monoisotopic (exact) mass is 405 g/mol. The van der Waals surface area contributed by atoms with Crippen LogP contribution in [-0.4, -0.2) is 29.3 Å². The molecule has 1 saturated heterocycles. The normalized spacial score (nSPS) is 19.2. The molecule has 2 aromatic rings. The van der Waals surface area contributed by atoms with Gasteiger partial charge in [0.25, 0.3) is 5.91 Å². The van der Waals surface area contributed by atoms with Gasteiger partial charge in [-0.05, 0) is 49.2 Å². The van der Waals surface area contributed by atoms with E-state index >= 15 is 0 Å². The summed E-state index contributed by atoms with van der Waals surface area (Å²) in [6.07, 6.45) is 0. The van der Waals surface area contributed by atoms with Crippen molar-refractivity contribution < 1.29 is 14.4 Å². The SMILES string of the molecule is Cc1ccc(NC(=O)CN2C(=O)NC(C)(c3ccc(Cl)cc3)C2=O)cc1Cl. The molecule has 1 heterocycles. The van der Waals surface area contributed by atoms with E-state index in [9.17, 15) is 14.4 Å². The van der Waals surface area contributed by atoms with Gasteiger partial charge in [-0.3, -0.25) is 14.5 Å². The Labute approximate surface area is 166 Å². The molecule has 27 heavy (non-hydrogen) atoms. The van der Waals surface area contributed by atoms with Crippen LogP contribution in [0.25, 0.3) is 0 Å². The quantitative estimate of drug-likeness (QED) is 0.760. The number of nitrogens with zero attached hydrogens (tertiary/aromatic N) is 1. The van der Waals surface area contributed by atoms with Crippen molar-refractivity contribution in [3.05, 3.63) is 63.6 Å². The van der Waals surface area contributed by atoms with Gasteiger partial charge in [-0.1, -0.05) is 41.4 Å². The van der Waals surface area contributed by atoms with Gasteiger partial charge in [0.15, 0.2) is 0 Å². The Morgan fingerprint density at radius 2 is 1.81 bits per heavy atom. The Hall–Kier alpha value is -2.57. The average molecular weight is 406 g/mol. The molecule has 1 aliphatic rings. The second-order valence-corrected chi connectivity index (χ2v) is 7.31. The summed E-state index contributed by atoms with van der Waals surface area (Å²) >= 11 is 11.9. The van der Waals surface area contributed by atoms with Crippen molar-refractivity contribution in [2.75, 3.05) is 11.9 Å². The zero-order chi connectivity index (χ0) is 19.8.